The monoisotopic (exact) mass is 544 g/mol. The Kier molecular flexibility index (Phi) is 8.48. The molecule has 1 aliphatic heterocycles. The summed E-state index contributed by atoms with van der Waals surface area (Å²) in [5.74, 6) is -0.339. The number of hydrogen-bond acceptors (Lipinski definition) is 5. The van der Waals surface area contributed by atoms with Crippen LogP contribution < -0.4 is 0 Å². The molecule has 0 aromatic rings. The summed E-state index contributed by atoms with van der Waals surface area (Å²) in [4.78, 5) is 11.6. The smallest absolute Gasteiger partial charge is 0.304 e. The van der Waals surface area contributed by atoms with E-state index in [1.165, 1.54) is 6.92 Å². The van der Waals surface area contributed by atoms with Gasteiger partial charge in [0.2, 0.25) is 6.29 Å². The van der Waals surface area contributed by atoms with Gasteiger partial charge in [-0.15, -0.1) is 0 Å². The second-order valence-electron chi connectivity index (χ2n) is 10.9. The topological polar surface area (TPSA) is 54.0 Å². The predicted octanol–water partition coefficient (Wildman–Crippen LogP) is 5.88. The Labute approximate surface area is 188 Å². The van der Waals surface area contributed by atoms with Gasteiger partial charge in [-0.05, 0) is 43.2 Å². The van der Waals surface area contributed by atoms with Crippen molar-refractivity contribution in [3.8, 4) is 0 Å². The zero-order chi connectivity index (χ0) is 22.3. The summed E-state index contributed by atoms with van der Waals surface area (Å²) in [7, 11) is -4.10. The van der Waals surface area contributed by atoms with Gasteiger partial charge in [0.1, 0.15) is 3.92 Å². The molecule has 0 unspecified atom stereocenters. The number of esters is 1. The molecule has 0 spiro atoms. The van der Waals surface area contributed by atoms with Crippen molar-refractivity contribution in [2.45, 2.75) is 120 Å². The van der Waals surface area contributed by atoms with Gasteiger partial charge >= 0.3 is 5.97 Å². The molecule has 5 atom stereocenters. The first kappa shape index (κ1) is 26.5. The minimum atomic E-state index is -2.06. The van der Waals surface area contributed by atoms with Crippen LogP contribution in [0.3, 0.4) is 0 Å². The van der Waals surface area contributed by atoms with Crippen molar-refractivity contribution in [3.63, 3.8) is 0 Å². The molecule has 1 fully saturated rings. The molecule has 0 amide bonds. The largest absolute Gasteiger partial charge is 0.435 e. The maximum atomic E-state index is 11.6. The van der Waals surface area contributed by atoms with E-state index in [0.717, 1.165) is 0 Å². The van der Waals surface area contributed by atoms with Crippen molar-refractivity contribution in [2.75, 3.05) is 0 Å². The predicted molar refractivity (Wildman–Crippen MR) is 128 cm³/mol. The van der Waals surface area contributed by atoms with Crippen molar-refractivity contribution in [2.24, 2.45) is 0 Å². The van der Waals surface area contributed by atoms with Crippen molar-refractivity contribution >= 4 is 45.2 Å². The van der Waals surface area contributed by atoms with E-state index in [1.54, 1.807) is 0 Å². The first-order valence-corrected chi connectivity index (χ1v) is 17.2. The van der Waals surface area contributed by atoms with Gasteiger partial charge in [-0.2, -0.15) is 0 Å². The van der Waals surface area contributed by atoms with Crippen molar-refractivity contribution in [1.29, 1.82) is 0 Å². The average molecular weight is 545 g/mol. The molecular formula is C20H41IO5Si2. The Hall–Kier alpha value is 0.514. The first-order chi connectivity index (χ1) is 12.3. The van der Waals surface area contributed by atoms with Crippen molar-refractivity contribution < 1.29 is 23.1 Å². The molecule has 1 saturated heterocycles. The number of halogens is 1. The maximum absolute atomic E-state index is 11.6. The number of rotatable bonds is 5. The van der Waals surface area contributed by atoms with Crippen LogP contribution in [0.5, 0.6) is 0 Å². The van der Waals surface area contributed by atoms with Crippen LogP contribution in [-0.4, -0.2) is 51.1 Å². The molecule has 5 nitrogen and oxygen atoms in total. The fourth-order valence-electron chi connectivity index (χ4n) is 2.55. The zero-order valence-corrected chi connectivity index (χ0v) is 24.0. The van der Waals surface area contributed by atoms with Crippen LogP contribution in [0, 0.1) is 0 Å². The number of hydrogen-bond donors (Lipinski definition) is 0. The minimum absolute atomic E-state index is 0.0728. The molecule has 166 valence electrons. The summed E-state index contributed by atoms with van der Waals surface area (Å²) in [6, 6.07) is 0. The lowest BCUT2D eigenvalue weighted by Gasteiger charge is -2.51. The third-order valence-electron chi connectivity index (χ3n) is 6.46. The molecule has 0 N–H and O–H groups in total. The zero-order valence-electron chi connectivity index (χ0n) is 19.8. The summed E-state index contributed by atoms with van der Waals surface area (Å²) in [5.41, 5.74) is 0. The van der Waals surface area contributed by atoms with Gasteiger partial charge in [0, 0.05) is 6.92 Å². The highest BCUT2D eigenvalue weighted by molar-refractivity contribution is 14.1. The van der Waals surface area contributed by atoms with E-state index >= 15 is 0 Å². The molecule has 0 bridgehead atoms. The Morgan fingerprint density at radius 1 is 0.893 bits per heavy atom. The van der Waals surface area contributed by atoms with Crippen molar-refractivity contribution in [1.82, 2.24) is 0 Å². The quantitative estimate of drug-likeness (QED) is 0.187. The maximum Gasteiger partial charge on any atom is 0.304 e. The van der Waals surface area contributed by atoms with E-state index in [1.807, 2.05) is 6.92 Å². The van der Waals surface area contributed by atoms with Gasteiger partial charge < -0.3 is 18.3 Å². The van der Waals surface area contributed by atoms with Gasteiger partial charge in [-0.1, -0.05) is 64.1 Å². The Bertz CT molecular complexity index is 554. The number of carbonyl (C=O) groups is 1. The molecular weight excluding hydrogens is 503 g/mol. The van der Waals surface area contributed by atoms with E-state index in [2.05, 4.69) is 90.3 Å². The van der Waals surface area contributed by atoms with E-state index in [4.69, 9.17) is 18.3 Å². The standard InChI is InChI=1S/C20H41IO5Si2/c1-13-16(25-27(9,10)19(3,4)5)17(26-28(11,12)20(6,7)8)15(21)18(23-13)24-14(2)22/h13,15-18H,1-12H3/t13-,15-,16-,17-,18+/m0/s1. The second kappa shape index (κ2) is 8.94. The summed E-state index contributed by atoms with van der Waals surface area (Å²) in [5, 5.41) is 0.158. The van der Waals surface area contributed by atoms with Gasteiger partial charge in [0.15, 0.2) is 16.6 Å². The number of carbonyl (C=O) groups excluding carboxylic acids is 1. The molecule has 0 aliphatic carbocycles. The normalized spacial score (nSPS) is 30.2. The Balaban J connectivity index is 3.28. The van der Waals surface area contributed by atoms with Crippen molar-refractivity contribution in [3.05, 3.63) is 0 Å². The molecule has 1 rings (SSSR count). The first-order valence-electron chi connectivity index (χ1n) is 10.1. The molecule has 1 aliphatic rings. The molecule has 0 saturated carbocycles. The number of ether oxygens (including phenoxy) is 2. The van der Waals surface area contributed by atoms with E-state index in [0.29, 0.717) is 0 Å². The van der Waals surface area contributed by atoms with E-state index < -0.39 is 22.9 Å². The van der Waals surface area contributed by atoms with Gasteiger partial charge in [0.05, 0.1) is 18.3 Å². The van der Waals surface area contributed by atoms with Gasteiger partial charge in [-0.3, -0.25) is 4.79 Å². The minimum Gasteiger partial charge on any atom is -0.435 e. The Morgan fingerprint density at radius 3 is 1.64 bits per heavy atom. The lowest BCUT2D eigenvalue weighted by molar-refractivity contribution is -0.229. The van der Waals surface area contributed by atoms with Gasteiger partial charge in [0.25, 0.3) is 0 Å². The molecule has 1 heterocycles. The van der Waals surface area contributed by atoms with Crippen LogP contribution in [0.15, 0.2) is 0 Å². The Morgan fingerprint density at radius 2 is 1.29 bits per heavy atom. The van der Waals surface area contributed by atoms with Crippen LogP contribution in [0.4, 0.5) is 0 Å². The van der Waals surface area contributed by atoms with Gasteiger partial charge in [-0.25, -0.2) is 0 Å². The lowest BCUT2D eigenvalue weighted by atomic mass is 10.0. The summed E-state index contributed by atoms with van der Waals surface area (Å²) in [6.45, 7) is 25.8. The second-order valence-corrected chi connectivity index (χ2v) is 21.9. The van der Waals surface area contributed by atoms with Crippen LogP contribution in [0.25, 0.3) is 0 Å². The average Bonchev–Trinajstić information content (AvgIpc) is 2.45. The molecule has 28 heavy (non-hydrogen) atoms. The SMILES string of the molecule is CC(=O)O[C@H]1O[C@@H](C)[C@H](O[Si](C)(C)C(C)(C)C)[C@@H](O[Si](C)(C)C(C)(C)C)[C@@H]1I. The van der Waals surface area contributed by atoms with Crippen LogP contribution >= 0.6 is 22.6 Å². The highest BCUT2D eigenvalue weighted by atomic mass is 127. The molecule has 0 aromatic carbocycles. The third kappa shape index (κ3) is 6.26. The molecule has 8 heteroatoms. The number of alkyl halides is 1. The molecule has 0 radical (unpaired) electrons. The fraction of sp³-hybridized carbons (Fsp3) is 0.950. The summed E-state index contributed by atoms with van der Waals surface area (Å²) >= 11 is 2.31. The van der Waals surface area contributed by atoms with E-state index in [-0.39, 0.29) is 38.3 Å². The highest BCUT2D eigenvalue weighted by Gasteiger charge is 2.52. The van der Waals surface area contributed by atoms with E-state index in [9.17, 15) is 4.79 Å². The van der Waals surface area contributed by atoms with Crippen LogP contribution in [0.1, 0.15) is 55.4 Å². The molecule has 0 aromatic heterocycles. The summed E-state index contributed by atoms with van der Waals surface area (Å²) in [6.07, 6.45) is -1.23. The lowest BCUT2D eigenvalue weighted by Crippen LogP contribution is -2.63. The highest BCUT2D eigenvalue weighted by Crippen LogP contribution is 2.44. The fourth-order valence-corrected chi connectivity index (χ4v) is 6.38. The summed E-state index contributed by atoms with van der Waals surface area (Å²) < 4.78 is 25.1. The van der Waals surface area contributed by atoms with Crippen LogP contribution in [0.2, 0.25) is 36.3 Å². The third-order valence-corrected chi connectivity index (χ3v) is 16.7. The van der Waals surface area contributed by atoms with Crippen LogP contribution in [-0.2, 0) is 23.1 Å².